The average Bonchev–Trinajstić information content (AvgIpc) is 1.88. The summed E-state index contributed by atoms with van der Waals surface area (Å²) in [4.78, 5) is 3.98. The Labute approximate surface area is 62.8 Å². The molecular formula is C8H16N2. The highest BCUT2D eigenvalue weighted by atomic mass is 14.7. The number of rotatable bonds is 3. The lowest BCUT2D eigenvalue weighted by Gasteiger charge is -2.07. The van der Waals surface area contributed by atoms with Gasteiger partial charge in [-0.15, -0.1) is 0 Å². The van der Waals surface area contributed by atoms with Gasteiger partial charge in [-0.25, -0.2) is 0 Å². The van der Waals surface area contributed by atoms with E-state index in [1.807, 2.05) is 6.21 Å². The summed E-state index contributed by atoms with van der Waals surface area (Å²) < 4.78 is 0. The van der Waals surface area contributed by atoms with Gasteiger partial charge < -0.3 is 5.73 Å². The van der Waals surface area contributed by atoms with Gasteiger partial charge in [-0.1, -0.05) is 20.8 Å². The molecule has 2 heteroatoms. The number of aliphatic imine (C=N–C) groups is 1. The fourth-order valence-corrected chi connectivity index (χ4v) is 0.407. The third kappa shape index (κ3) is 4.13. The number of hydrogen-bond acceptors (Lipinski definition) is 2. The fourth-order valence-electron chi connectivity index (χ4n) is 0.407. The van der Waals surface area contributed by atoms with Crippen LogP contribution in [0.1, 0.15) is 20.8 Å². The lowest BCUT2D eigenvalue weighted by atomic mass is 10.00. The predicted octanol–water partition coefficient (Wildman–Crippen LogP) is 1.78. The van der Waals surface area contributed by atoms with E-state index in [-0.39, 0.29) is 0 Å². The van der Waals surface area contributed by atoms with E-state index in [9.17, 15) is 0 Å². The van der Waals surface area contributed by atoms with Gasteiger partial charge in [-0.05, 0) is 11.8 Å². The second-order valence-electron chi connectivity index (χ2n) is 2.74. The Morgan fingerprint density at radius 1 is 1.30 bits per heavy atom. The van der Waals surface area contributed by atoms with Crippen molar-refractivity contribution in [1.29, 1.82) is 0 Å². The van der Waals surface area contributed by atoms with E-state index < -0.39 is 0 Å². The van der Waals surface area contributed by atoms with Crippen molar-refractivity contribution >= 4 is 6.21 Å². The summed E-state index contributed by atoms with van der Waals surface area (Å²) in [5, 5.41) is 0. The smallest absolute Gasteiger partial charge is 0.0418 e. The van der Waals surface area contributed by atoms with Crippen molar-refractivity contribution in [3.8, 4) is 0 Å². The van der Waals surface area contributed by atoms with Crippen LogP contribution in [0.25, 0.3) is 0 Å². The predicted molar refractivity (Wildman–Crippen MR) is 45.8 cm³/mol. The van der Waals surface area contributed by atoms with Gasteiger partial charge in [0.2, 0.25) is 0 Å². The Kier molecular flexibility index (Phi) is 4.63. The zero-order valence-corrected chi connectivity index (χ0v) is 6.91. The molecule has 0 amide bonds. The van der Waals surface area contributed by atoms with Crippen molar-refractivity contribution < 1.29 is 0 Å². The lowest BCUT2D eigenvalue weighted by Crippen LogP contribution is -2.04. The van der Waals surface area contributed by atoms with Gasteiger partial charge in [0.25, 0.3) is 0 Å². The highest BCUT2D eigenvalue weighted by Gasteiger charge is 2.01. The summed E-state index contributed by atoms with van der Waals surface area (Å²) in [6.45, 7) is 6.48. The molecule has 0 bridgehead atoms. The van der Waals surface area contributed by atoms with Crippen LogP contribution in [0.5, 0.6) is 0 Å². The minimum atomic E-state index is 0.524. The minimum Gasteiger partial charge on any atom is -0.403 e. The van der Waals surface area contributed by atoms with Gasteiger partial charge >= 0.3 is 0 Å². The van der Waals surface area contributed by atoms with E-state index >= 15 is 0 Å². The number of nitrogens with zero attached hydrogens (tertiary/aromatic N) is 1. The maximum atomic E-state index is 5.10. The molecule has 0 fully saturated rings. The van der Waals surface area contributed by atoms with E-state index in [4.69, 9.17) is 5.73 Å². The molecule has 0 radical (unpaired) electrons. The summed E-state index contributed by atoms with van der Waals surface area (Å²) in [6, 6.07) is 0. The molecule has 0 saturated heterocycles. The molecule has 0 aromatic rings. The second kappa shape index (κ2) is 5.03. The van der Waals surface area contributed by atoms with Crippen molar-refractivity contribution in [1.82, 2.24) is 0 Å². The van der Waals surface area contributed by atoms with E-state index in [1.54, 1.807) is 6.20 Å². The minimum absolute atomic E-state index is 0.524. The maximum Gasteiger partial charge on any atom is 0.0418 e. The van der Waals surface area contributed by atoms with E-state index in [0.29, 0.717) is 11.8 Å². The molecule has 2 N–H and O–H groups in total. The average molecular weight is 140 g/mol. The zero-order chi connectivity index (χ0) is 7.98. The van der Waals surface area contributed by atoms with Crippen LogP contribution in [0, 0.1) is 11.8 Å². The van der Waals surface area contributed by atoms with Crippen LogP contribution in [0.4, 0.5) is 0 Å². The normalized spacial score (nSPS) is 15.6. The highest BCUT2D eigenvalue weighted by molar-refractivity contribution is 5.61. The molecule has 2 nitrogen and oxygen atoms in total. The topological polar surface area (TPSA) is 38.4 Å². The van der Waals surface area contributed by atoms with Crippen molar-refractivity contribution in [3.05, 3.63) is 12.4 Å². The van der Waals surface area contributed by atoms with Crippen LogP contribution >= 0.6 is 0 Å². The van der Waals surface area contributed by atoms with Crippen LogP contribution in [0.15, 0.2) is 17.4 Å². The van der Waals surface area contributed by atoms with Gasteiger partial charge in [0, 0.05) is 18.6 Å². The summed E-state index contributed by atoms with van der Waals surface area (Å²) in [6.07, 6.45) is 4.94. The third-order valence-corrected chi connectivity index (χ3v) is 1.54. The molecular weight excluding hydrogens is 124 g/mol. The fraction of sp³-hybridized carbons (Fsp3) is 0.625. The zero-order valence-electron chi connectivity index (χ0n) is 6.91. The maximum absolute atomic E-state index is 5.10. The van der Waals surface area contributed by atoms with Gasteiger partial charge in [0.1, 0.15) is 0 Å². The van der Waals surface area contributed by atoms with Crippen LogP contribution < -0.4 is 5.73 Å². The molecule has 0 aliphatic carbocycles. The molecule has 0 rings (SSSR count). The largest absolute Gasteiger partial charge is 0.403 e. The van der Waals surface area contributed by atoms with Crippen molar-refractivity contribution in [2.24, 2.45) is 22.6 Å². The molecule has 0 heterocycles. The first-order chi connectivity index (χ1) is 4.68. The van der Waals surface area contributed by atoms with Gasteiger partial charge in [-0.2, -0.15) is 0 Å². The summed E-state index contributed by atoms with van der Waals surface area (Å²) in [5.41, 5.74) is 5.10. The Bertz CT molecular complexity index is 125. The molecule has 1 unspecified atom stereocenters. The van der Waals surface area contributed by atoms with Crippen LogP contribution in [0.3, 0.4) is 0 Å². The number of nitrogens with two attached hydrogens (primary N) is 1. The van der Waals surface area contributed by atoms with Crippen LogP contribution in [0.2, 0.25) is 0 Å². The molecule has 10 heavy (non-hydrogen) atoms. The summed E-state index contributed by atoms with van der Waals surface area (Å²) in [7, 11) is 0. The monoisotopic (exact) mass is 140 g/mol. The molecule has 0 aromatic heterocycles. The van der Waals surface area contributed by atoms with E-state index in [2.05, 4.69) is 25.8 Å². The quantitative estimate of drug-likeness (QED) is 0.596. The van der Waals surface area contributed by atoms with Gasteiger partial charge in [0.05, 0.1) is 0 Å². The Balaban J connectivity index is 3.66. The first kappa shape index (κ1) is 9.21. The molecule has 0 aliphatic rings. The Morgan fingerprint density at radius 2 is 1.90 bits per heavy atom. The number of hydrogen-bond donors (Lipinski definition) is 1. The van der Waals surface area contributed by atoms with Gasteiger partial charge in [-0.3, -0.25) is 4.99 Å². The SMILES string of the molecule is CC(C)C(C)C=N/C=C\N. The second-order valence-corrected chi connectivity index (χ2v) is 2.74. The molecule has 1 atom stereocenters. The van der Waals surface area contributed by atoms with Crippen molar-refractivity contribution in [2.45, 2.75) is 20.8 Å². The third-order valence-electron chi connectivity index (χ3n) is 1.54. The first-order valence-corrected chi connectivity index (χ1v) is 3.58. The molecule has 0 aliphatic heterocycles. The molecule has 0 saturated carbocycles. The van der Waals surface area contributed by atoms with Gasteiger partial charge in [0.15, 0.2) is 0 Å². The standard InChI is InChI=1S/C8H16N2/c1-7(2)8(3)6-10-5-4-9/h4-8H,9H2,1-3H3/b5-4-,10-6?. The molecule has 0 aromatic carbocycles. The summed E-state index contributed by atoms with van der Waals surface area (Å²) in [5.74, 6) is 1.17. The molecule has 58 valence electrons. The Morgan fingerprint density at radius 3 is 2.30 bits per heavy atom. The van der Waals surface area contributed by atoms with Crippen LogP contribution in [-0.2, 0) is 0 Å². The van der Waals surface area contributed by atoms with Crippen molar-refractivity contribution in [3.63, 3.8) is 0 Å². The van der Waals surface area contributed by atoms with Crippen molar-refractivity contribution in [2.75, 3.05) is 0 Å². The van der Waals surface area contributed by atoms with E-state index in [0.717, 1.165) is 0 Å². The first-order valence-electron chi connectivity index (χ1n) is 3.58. The molecule has 0 spiro atoms. The van der Waals surface area contributed by atoms with Crippen LogP contribution in [-0.4, -0.2) is 6.21 Å². The highest BCUT2D eigenvalue weighted by Crippen LogP contribution is 2.05. The summed E-state index contributed by atoms with van der Waals surface area (Å²) >= 11 is 0. The lowest BCUT2D eigenvalue weighted by molar-refractivity contribution is 0.540. The Hall–Kier alpha value is -0.790. The van der Waals surface area contributed by atoms with E-state index in [1.165, 1.54) is 6.20 Å².